The van der Waals surface area contributed by atoms with Crippen LogP contribution in [0.1, 0.15) is 29.3 Å². The summed E-state index contributed by atoms with van der Waals surface area (Å²) in [6.45, 7) is 1.94. The lowest BCUT2D eigenvalue weighted by atomic mass is 9.96. The molecular weight excluding hydrogens is 350 g/mol. The van der Waals surface area contributed by atoms with Gasteiger partial charge in [0.2, 0.25) is 0 Å². The molecule has 0 fully saturated rings. The Morgan fingerprint density at radius 2 is 1.46 bits per heavy atom. The number of hydrogen-bond donors (Lipinski definition) is 2. The van der Waals surface area contributed by atoms with E-state index in [9.17, 15) is 9.90 Å². The van der Waals surface area contributed by atoms with Gasteiger partial charge in [0, 0.05) is 12.1 Å². The van der Waals surface area contributed by atoms with Crippen LogP contribution in [0.2, 0.25) is 0 Å². The number of nitrogens with one attached hydrogen (secondary N) is 1. The van der Waals surface area contributed by atoms with Gasteiger partial charge in [-0.3, -0.25) is 4.79 Å². The molecule has 0 bridgehead atoms. The van der Waals surface area contributed by atoms with Crippen molar-refractivity contribution in [1.82, 2.24) is 5.32 Å². The van der Waals surface area contributed by atoms with Gasteiger partial charge in [-0.15, -0.1) is 0 Å². The first kappa shape index (κ1) is 19.6. The number of ether oxygens (including phenoxy) is 1. The molecule has 0 aliphatic heterocycles. The van der Waals surface area contributed by atoms with Gasteiger partial charge < -0.3 is 15.2 Å². The Balaban J connectivity index is 1.49. The van der Waals surface area contributed by atoms with E-state index in [0.717, 1.165) is 12.2 Å². The third kappa shape index (κ3) is 5.96. The first-order chi connectivity index (χ1) is 13.5. The minimum Gasteiger partial charge on any atom is -0.457 e. The third-order valence-corrected chi connectivity index (χ3v) is 4.52. The Morgan fingerprint density at radius 1 is 0.893 bits per heavy atom. The summed E-state index contributed by atoms with van der Waals surface area (Å²) in [7, 11) is 0. The van der Waals surface area contributed by atoms with E-state index < -0.39 is 5.60 Å². The summed E-state index contributed by atoms with van der Waals surface area (Å²) in [5.41, 5.74) is 0.726. The lowest BCUT2D eigenvalue weighted by Gasteiger charge is -2.23. The van der Waals surface area contributed by atoms with Crippen LogP contribution in [0.3, 0.4) is 0 Å². The van der Waals surface area contributed by atoms with E-state index in [2.05, 4.69) is 5.32 Å². The van der Waals surface area contributed by atoms with Crippen molar-refractivity contribution in [3.63, 3.8) is 0 Å². The Bertz CT molecular complexity index is 875. The number of aliphatic hydroxyl groups is 1. The van der Waals surface area contributed by atoms with Gasteiger partial charge in [0.15, 0.2) is 0 Å². The molecule has 144 valence electrons. The molecule has 1 unspecified atom stereocenters. The normalized spacial score (nSPS) is 12.8. The Hall–Kier alpha value is -3.11. The number of carbonyl (C=O) groups excluding carboxylic acids is 1. The highest BCUT2D eigenvalue weighted by atomic mass is 16.5. The first-order valence-corrected chi connectivity index (χ1v) is 9.39. The van der Waals surface area contributed by atoms with Gasteiger partial charge in [-0.2, -0.15) is 0 Å². The fraction of sp³-hybridized carbons (Fsp3) is 0.208. The highest BCUT2D eigenvalue weighted by molar-refractivity contribution is 5.94. The molecule has 2 N–H and O–H groups in total. The molecule has 0 saturated heterocycles. The molecule has 0 aliphatic carbocycles. The van der Waals surface area contributed by atoms with E-state index in [0.29, 0.717) is 17.7 Å². The van der Waals surface area contributed by atoms with Crippen LogP contribution in [-0.2, 0) is 6.42 Å². The zero-order chi connectivity index (χ0) is 19.8. The number of rotatable bonds is 8. The second-order valence-corrected chi connectivity index (χ2v) is 7.10. The van der Waals surface area contributed by atoms with E-state index in [4.69, 9.17) is 4.74 Å². The molecule has 0 spiro atoms. The van der Waals surface area contributed by atoms with Gasteiger partial charge in [0.25, 0.3) is 5.91 Å². The van der Waals surface area contributed by atoms with Crippen LogP contribution in [0.5, 0.6) is 11.5 Å². The van der Waals surface area contributed by atoms with Crippen molar-refractivity contribution in [1.29, 1.82) is 0 Å². The molecule has 0 aliphatic rings. The van der Waals surface area contributed by atoms with Crippen LogP contribution in [-0.4, -0.2) is 23.2 Å². The molecule has 0 radical (unpaired) electrons. The summed E-state index contributed by atoms with van der Waals surface area (Å²) in [6, 6.07) is 26.4. The Kier molecular flexibility index (Phi) is 6.45. The molecule has 1 atom stereocenters. The van der Waals surface area contributed by atoms with Crippen LogP contribution >= 0.6 is 0 Å². The molecule has 4 nitrogen and oxygen atoms in total. The topological polar surface area (TPSA) is 58.6 Å². The number of aryl methyl sites for hydroxylation is 1. The SMILES string of the molecule is CC(O)(CCc1ccccc1)CNC(=O)c1ccc(Oc2ccccc2)cc1. The number of carbonyl (C=O) groups is 1. The van der Waals surface area contributed by atoms with Gasteiger partial charge >= 0.3 is 0 Å². The second kappa shape index (κ2) is 9.20. The molecule has 3 aromatic carbocycles. The zero-order valence-electron chi connectivity index (χ0n) is 16.0. The first-order valence-electron chi connectivity index (χ1n) is 9.39. The summed E-state index contributed by atoms with van der Waals surface area (Å²) in [5.74, 6) is 1.19. The maximum atomic E-state index is 12.4. The van der Waals surface area contributed by atoms with Gasteiger partial charge in [-0.05, 0) is 61.7 Å². The van der Waals surface area contributed by atoms with Crippen LogP contribution in [0.25, 0.3) is 0 Å². The smallest absolute Gasteiger partial charge is 0.251 e. The zero-order valence-corrected chi connectivity index (χ0v) is 16.0. The minimum absolute atomic E-state index is 0.195. The molecule has 4 heteroatoms. The third-order valence-electron chi connectivity index (χ3n) is 4.52. The monoisotopic (exact) mass is 375 g/mol. The summed E-state index contributed by atoms with van der Waals surface area (Å²) in [4.78, 5) is 12.4. The molecular formula is C24H25NO3. The quantitative estimate of drug-likeness (QED) is 0.605. The van der Waals surface area contributed by atoms with Crippen molar-refractivity contribution in [2.75, 3.05) is 6.54 Å². The van der Waals surface area contributed by atoms with Crippen molar-refractivity contribution < 1.29 is 14.6 Å². The van der Waals surface area contributed by atoms with Crippen molar-refractivity contribution in [2.24, 2.45) is 0 Å². The minimum atomic E-state index is -0.970. The van der Waals surface area contributed by atoms with Gasteiger partial charge in [-0.1, -0.05) is 48.5 Å². The van der Waals surface area contributed by atoms with E-state index in [-0.39, 0.29) is 12.5 Å². The molecule has 0 aromatic heterocycles. The summed E-state index contributed by atoms with van der Waals surface area (Å²) < 4.78 is 5.73. The summed E-state index contributed by atoms with van der Waals surface area (Å²) in [5, 5.41) is 13.4. The predicted octanol–water partition coefficient (Wildman–Crippen LogP) is 4.59. The highest BCUT2D eigenvalue weighted by Crippen LogP contribution is 2.21. The summed E-state index contributed by atoms with van der Waals surface area (Å²) in [6.07, 6.45) is 1.33. The van der Waals surface area contributed by atoms with Crippen LogP contribution in [0.4, 0.5) is 0 Å². The van der Waals surface area contributed by atoms with E-state index in [1.807, 2.05) is 60.7 Å². The van der Waals surface area contributed by atoms with E-state index in [1.165, 1.54) is 5.56 Å². The van der Waals surface area contributed by atoms with Crippen molar-refractivity contribution in [3.8, 4) is 11.5 Å². The highest BCUT2D eigenvalue weighted by Gasteiger charge is 2.21. The fourth-order valence-electron chi connectivity index (χ4n) is 2.82. The maximum absolute atomic E-state index is 12.4. The van der Waals surface area contributed by atoms with Crippen molar-refractivity contribution in [3.05, 3.63) is 96.1 Å². The Morgan fingerprint density at radius 3 is 2.11 bits per heavy atom. The lowest BCUT2D eigenvalue weighted by molar-refractivity contribution is 0.0478. The van der Waals surface area contributed by atoms with Gasteiger partial charge in [-0.25, -0.2) is 0 Å². The fourth-order valence-corrected chi connectivity index (χ4v) is 2.82. The molecule has 28 heavy (non-hydrogen) atoms. The van der Waals surface area contributed by atoms with Crippen molar-refractivity contribution in [2.45, 2.75) is 25.4 Å². The average Bonchev–Trinajstić information content (AvgIpc) is 2.73. The second-order valence-electron chi connectivity index (χ2n) is 7.10. The molecule has 3 rings (SSSR count). The predicted molar refractivity (Wildman–Crippen MR) is 111 cm³/mol. The van der Waals surface area contributed by atoms with Gasteiger partial charge in [0.1, 0.15) is 11.5 Å². The van der Waals surface area contributed by atoms with Crippen LogP contribution in [0, 0.1) is 0 Å². The van der Waals surface area contributed by atoms with E-state index in [1.54, 1.807) is 31.2 Å². The number of benzene rings is 3. The molecule has 0 saturated carbocycles. The molecule has 3 aromatic rings. The maximum Gasteiger partial charge on any atom is 0.251 e. The van der Waals surface area contributed by atoms with Crippen LogP contribution < -0.4 is 10.1 Å². The van der Waals surface area contributed by atoms with E-state index >= 15 is 0 Å². The standard InChI is InChI=1S/C24H25NO3/c1-24(27,17-16-19-8-4-2-5-9-19)18-25-23(26)20-12-14-22(15-13-20)28-21-10-6-3-7-11-21/h2-15,27H,16-18H2,1H3,(H,25,26). The largest absolute Gasteiger partial charge is 0.457 e. The van der Waals surface area contributed by atoms with Crippen LogP contribution in [0.15, 0.2) is 84.9 Å². The van der Waals surface area contributed by atoms with Crippen molar-refractivity contribution >= 4 is 5.91 Å². The van der Waals surface area contributed by atoms with Gasteiger partial charge in [0.05, 0.1) is 5.60 Å². The molecule has 1 amide bonds. The number of para-hydroxylation sites is 1. The average molecular weight is 375 g/mol. The Labute approximate surface area is 165 Å². The lowest BCUT2D eigenvalue weighted by Crippen LogP contribution is -2.41. The molecule has 0 heterocycles. The number of amides is 1. The number of hydrogen-bond acceptors (Lipinski definition) is 3. The summed E-state index contributed by atoms with van der Waals surface area (Å²) >= 11 is 0.